The molecule has 1 aliphatic heterocycles. The minimum absolute atomic E-state index is 0.129. The molecule has 3 aromatic rings. The van der Waals surface area contributed by atoms with Crippen molar-refractivity contribution in [1.82, 2.24) is 19.7 Å². The standard InChI is InChI=1S/C22H22FN5O3/c1-27-20(12-18(26-27)14-4-6-15(23)7-5-14)22(30)28-10-2-3-17(13-28)31-16-8-9-25-19(11-16)21(24)29/h4-9,11-12,17H,2-3,10,13H2,1H3,(H2,24,29). The van der Waals surface area contributed by atoms with Gasteiger partial charge in [-0.05, 0) is 49.2 Å². The largest absolute Gasteiger partial charge is 0.488 e. The van der Waals surface area contributed by atoms with E-state index in [0.717, 1.165) is 18.4 Å². The third-order valence-corrected chi connectivity index (χ3v) is 5.19. The highest BCUT2D eigenvalue weighted by atomic mass is 19.1. The third-order valence-electron chi connectivity index (χ3n) is 5.19. The molecule has 1 fully saturated rings. The molecule has 8 nitrogen and oxygen atoms in total. The van der Waals surface area contributed by atoms with Gasteiger partial charge < -0.3 is 15.4 Å². The van der Waals surface area contributed by atoms with Crippen molar-refractivity contribution in [2.75, 3.05) is 13.1 Å². The molecule has 0 spiro atoms. The van der Waals surface area contributed by atoms with Crippen molar-refractivity contribution in [3.05, 3.63) is 65.9 Å². The van der Waals surface area contributed by atoms with Crippen LogP contribution in [0.5, 0.6) is 5.75 Å². The number of piperidine rings is 1. The highest BCUT2D eigenvalue weighted by molar-refractivity contribution is 5.94. The molecule has 0 saturated carbocycles. The van der Waals surface area contributed by atoms with Crippen molar-refractivity contribution in [3.63, 3.8) is 0 Å². The van der Waals surface area contributed by atoms with Gasteiger partial charge in [0.2, 0.25) is 0 Å². The van der Waals surface area contributed by atoms with Gasteiger partial charge in [0.15, 0.2) is 0 Å². The lowest BCUT2D eigenvalue weighted by atomic mass is 10.1. The van der Waals surface area contributed by atoms with Crippen molar-refractivity contribution in [2.24, 2.45) is 12.8 Å². The van der Waals surface area contributed by atoms with Gasteiger partial charge in [-0.2, -0.15) is 5.10 Å². The summed E-state index contributed by atoms with van der Waals surface area (Å²) in [5.41, 5.74) is 7.18. The van der Waals surface area contributed by atoms with Gasteiger partial charge in [-0.25, -0.2) is 4.39 Å². The number of carbonyl (C=O) groups is 2. The maximum absolute atomic E-state index is 13.2. The first-order chi connectivity index (χ1) is 14.9. The second kappa shape index (κ2) is 8.55. The van der Waals surface area contributed by atoms with E-state index in [9.17, 15) is 14.0 Å². The molecule has 31 heavy (non-hydrogen) atoms. The summed E-state index contributed by atoms with van der Waals surface area (Å²) in [5, 5.41) is 4.40. The lowest BCUT2D eigenvalue weighted by Gasteiger charge is -2.32. The first-order valence-electron chi connectivity index (χ1n) is 9.92. The van der Waals surface area contributed by atoms with Gasteiger partial charge in [0.25, 0.3) is 11.8 Å². The number of aromatic nitrogens is 3. The summed E-state index contributed by atoms with van der Waals surface area (Å²) in [4.78, 5) is 30.1. The minimum atomic E-state index is -0.626. The molecular weight excluding hydrogens is 401 g/mol. The molecule has 1 atom stereocenters. The smallest absolute Gasteiger partial charge is 0.272 e. The van der Waals surface area contributed by atoms with E-state index in [1.165, 1.54) is 29.1 Å². The Kier molecular flexibility index (Phi) is 5.66. The minimum Gasteiger partial charge on any atom is -0.488 e. The highest BCUT2D eigenvalue weighted by Gasteiger charge is 2.28. The topological polar surface area (TPSA) is 103 Å². The fourth-order valence-electron chi connectivity index (χ4n) is 3.62. The van der Waals surface area contributed by atoms with Crippen molar-refractivity contribution in [2.45, 2.75) is 18.9 Å². The number of pyridine rings is 1. The van der Waals surface area contributed by atoms with Gasteiger partial charge in [-0.3, -0.25) is 19.3 Å². The highest BCUT2D eigenvalue weighted by Crippen LogP contribution is 2.23. The second-order valence-electron chi connectivity index (χ2n) is 7.42. The molecule has 2 aromatic heterocycles. The van der Waals surface area contributed by atoms with Crippen LogP contribution in [-0.4, -0.2) is 50.7 Å². The molecule has 9 heteroatoms. The first kappa shape index (κ1) is 20.5. The number of halogens is 1. The molecule has 2 amide bonds. The monoisotopic (exact) mass is 423 g/mol. The van der Waals surface area contributed by atoms with E-state index in [1.807, 2.05) is 0 Å². The molecule has 0 bridgehead atoms. The maximum atomic E-state index is 13.2. The summed E-state index contributed by atoms with van der Waals surface area (Å²) in [7, 11) is 1.71. The van der Waals surface area contributed by atoms with Crippen LogP contribution in [0, 0.1) is 5.82 Å². The van der Waals surface area contributed by atoms with Crippen LogP contribution in [0.4, 0.5) is 4.39 Å². The number of nitrogens with two attached hydrogens (primary N) is 1. The van der Waals surface area contributed by atoms with Crippen LogP contribution in [0.2, 0.25) is 0 Å². The lowest BCUT2D eigenvalue weighted by Crippen LogP contribution is -2.44. The number of carbonyl (C=O) groups excluding carboxylic acids is 2. The summed E-state index contributed by atoms with van der Waals surface area (Å²) in [6, 6.07) is 10.9. The van der Waals surface area contributed by atoms with Gasteiger partial charge in [-0.1, -0.05) is 0 Å². The average Bonchev–Trinajstić information content (AvgIpc) is 3.15. The molecule has 1 saturated heterocycles. The van der Waals surface area contributed by atoms with Crippen molar-refractivity contribution < 1.29 is 18.7 Å². The second-order valence-corrected chi connectivity index (χ2v) is 7.42. The number of ether oxygens (including phenoxy) is 1. The number of rotatable bonds is 5. The van der Waals surface area contributed by atoms with Gasteiger partial charge >= 0.3 is 0 Å². The van der Waals surface area contributed by atoms with E-state index in [1.54, 1.807) is 36.2 Å². The molecule has 1 unspecified atom stereocenters. The van der Waals surface area contributed by atoms with Crippen LogP contribution in [-0.2, 0) is 7.05 Å². The molecule has 1 aromatic carbocycles. The molecule has 0 aliphatic carbocycles. The fraction of sp³-hybridized carbons (Fsp3) is 0.273. The number of aryl methyl sites for hydroxylation is 1. The van der Waals surface area contributed by atoms with Crippen molar-refractivity contribution >= 4 is 11.8 Å². The molecule has 1 aliphatic rings. The molecule has 4 rings (SSSR count). The first-order valence-corrected chi connectivity index (χ1v) is 9.92. The fourth-order valence-corrected chi connectivity index (χ4v) is 3.62. The van der Waals surface area contributed by atoms with Crippen molar-refractivity contribution in [3.8, 4) is 17.0 Å². The van der Waals surface area contributed by atoms with E-state index >= 15 is 0 Å². The van der Waals surface area contributed by atoms with Crippen LogP contribution >= 0.6 is 0 Å². The van der Waals surface area contributed by atoms with Crippen LogP contribution in [0.1, 0.15) is 33.8 Å². The van der Waals surface area contributed by atoms with E-state index in [-0.39, 0.29) is 23.5 Å². The van der Waals surface area contributed by atoms with E-state index < -0.39 is 5.91 Å². The van der Waals surface area contributed by atoms with E-state index in [2.05, 4.69) is 10.1 Å². The number of amides is 2. The molecule has 0 radical (unpaired) electrons. The SMILES string of the molecule is Cn1nc(-c2ccc(F)cc2)cc1C(=O)N1CCCC(Oc2ccnc(C(N)=O)c2)C1. The Hall–Kier alpha value is -3.75. The normalized spacial score (nSPS) is 16.2. The zero-order valence-electron chi connectivity index (χ0n) is 17.0. The van der Waals surface area contributed by atoms with Crippen LogP contribution in [0.3, 0.4) is 0 Å². The summed E-state index contributed by atoms with van der Waals surface area (Å²) in [6.07, 6.45) is 2.82. The predicted molar refractivity (Wildman–Crippen MR) is 111 cm³/mol. The predicted octanol–water partition coefficient (Wildman–Crippen LogP) is 2.40. The zero-order valence-corrected chi connectivity index (χ0v) is 17.0. The van der Waals surface area contributed by atoms with Crippen LogP contribution in [0.25, 0.3) is 11.3 Å². The number of hydrogen-bond acceptors (Lipinski definition) is 5. The Bertz CT molecular complexity index is 1110. The number of hydrogen-bond donors (Lipinski definition) is 1. The van der Waals surface area contributed by atoms with Gasteiger partial charge in [0.05, 0.1) is 12.2 Å². The quantitative estimate of drug-likeness (QED) is 0.679. The molecule has 160 valence electrons. The van der Waals surface area contributed by atoms with Crippen LogP contribution in [0.15, 0.2) is 48.7 Å². The Labute approximate surface area is 178 Å². The Balaban J connectivity index is 1.47. The molecular formula is C22H22FN5O3. The van der Waals surface area contributed by atoms with Crippen LogP contribution < -0.4 is 10.5 Å². The number of benzene rings is 1. The Morgan fingerprint density at radius 2 is 1.97 bits per heavy atom. The van der Waals surface area contributed by atoms with Gasteiger partial charge in [0, 0.05) is 31.4 Å². The molecule has 2 N–H and O–H groups in total. The third kappa shape index (κ3) is 4.55. The summed E-state index contributed by atoms with van der Waals surface area (Å²) < 4.78 is 20.7. The maximum Gasteiger partial charge on any atom is 0.272 e. The zero-order chi connectivity index (χ0) is 22.0. The van der Waals surface area contributed by atoms with E-state index in [4.69, 9.17) is 10.5 Å². The average molecular weight is 423 g/mol. The summed E-state index contributed by atoms with van der Waals surface area (Å²) >= 11 is 0. The lowest BCUT2D eigenvalue weighted by molar-refractivity contribution is 0.0528. The molecule has 3 heterocycles. The number of primary amides is 1. The van der Waals surface area contributed by atoms with Gasteiger partial charge in [-0.15, -0.1) is 0 Å². The van der Waals surface area contributed by atoms with Crippen molar-refractivity contribution in [1.29, 1.82) is 0 Å². The Morgan fingerprint density at radius 3 is 2.71 bits per heavy atom. The van der Waals surface area contributed by atoms with E-state index in [0.29, 0.717) is 30.2 Å². The number of likely N-dealkylation sites (tertiary alicyclic amines) is 1. The Morgan fingerprint density at radius 1 is 1.19 bits per heavy atom. The summed E-state index contributed by atoms with van der Waals surface area (Å²) in [6.45, 7) is 1.02. The number of nitrogens with zero attached hydrogens (tertiary/aromatic N) is 4. The summed E-state index contributed by atoms with van der Waals surface area (Å²) in [5.74, 6) is -0.613. The van der Waals surface area contributed by atoms with Gasteiger partial charge in [0.1, 0.15) is 29.1 Å².